The van der Waals surface area contributed by atoms with Crippen molar-refractivity contribution < 1.29 is 0 Å². The summed E-state index contributed by atoms with van der Waals surface area (Å²) in [6.45, 7) is 21.5. The Morgan fingerprint density at radius 2 is 0.737 bits per heavy atom. The lowest BCUT2D eigenvalue weighted by Crippen LogP contribution is -2.52. The average molecular weight is 270 g/mol. The smallest absolute Gasteiger partial charge is 0.00983 e. The lowest BCUT2D eigenvalue weighted by atomic mass is 9.88. The van der Waals surface area contributed by atoms with Crippen molar-refractivity contribution in [2.45, 2.75) is 99.7 Å². The van der Waals surface area contributed by atoms with Gasteiger partial charge in [0.05, 0.1) is 0 Å². The fourth-order valence-electron chi connectivity index (χ4n) is 3.02. The van der Waals surface area contributed by atoms with Gasteiger partial charge in [-0.25, -0.2) is 0 Å². The number of hydrogen-bond donors (Lipinski definition) is 0. The van der Waals surface area contributed by atoms with E-state index in [9.17, 15) is 0 Å². The van der Waals surface area contributed by atoms with E-state index in [0.29, 0.717) is 18.1 Å². The summed E-state index contributed by atoms with van der Waals surface area (Å²) in [5.41, 5.74) is 0. The molecular weight excluding hydrogens is 230 g/mol. The topological polar surface area (TPSA) is 3.24 Å². The van der Waals surface area contributed by atoms with Crippen molar-refractivity contribution in [1.29, 1.82) is 0 Å². The molecule has 0 saturated carbocycles. The van der Waals surface area contributed by atoms with Gasteiger partial charge in [-0.2, -0.15) is 0 Å². The van der Waals surface area contributed by atoms with Gasteiger partial charge in [-0.05, 0) is 38.5 Å². The quantitative estimate of drug-likeness (QED) is 0.527. The third kappa shape index (κ3) is 5.10. The van der Waals surface area contributed by atoms with Crippen molar-refractivity contribution in [2.24, 2.45) is 17.8 Å². The van der Waals surface area contributed by atoms with Crippen LogP contribution in [0.4, 0.5) is 0 Å². The second kappa shape index (κ2) is 9.00. The Bertz CT molecular complexity index is 188. The van der Waals surface area contributed by atoms with Gasteiger partial charge in [0.25, 0.3) is 0 Å². The molecule has 6 atom stereocenters. The van der Waals surface area contributed by atoms with E-state index in [1.54, 1.807) is 0 Å². The van der Waals surface area contributed by atoms with Crippen LogP contribution in [0.1, 0.15) is 81.6 Å². The maximum Gasteiger partial charge on any atom is 0.00983 e. The first-order valence-electron chi connectivity index (χ1n) is 8.58. The first-order chi connectivity index (χ1) is 8.81. The van der Waals surface area contributed by atoms with E-state index in [4.69, 9.17) is 0 Å². The zero-order valence-electron chi connectivity index (χ0n) is 15.0. The van der Waals surface area contributed by atoms with Crippen LogP contribution in [-0.4, -0.2) is 23.0 Å². The molecule has 1 heteroatoms. The lowest BCUT2D eigenvalue weighted by Gasteiger charge is -2.46. The summed E-state index contributed by atoms with van der Waals surface area (Å²) in [6, 6.07) is 2.04. The van der Waals surface area contributed by atoms with Crippen LogP contribution in [0.25, 0.3) is 0 Å². The zero-order chi connectivity index (χ0) is 15.2. The standard InChI is InChI=1S/C18H39N/c1-10-13(4)16(7)19(17(8)14(5)11-2)18(9)15(6)12-3/h13-18H,10-12H2,1-9H3. The van der Waals surface area contributed by atoms with Crippen LogP contribution in [0.15, 0.2) is 0 Å². The molecule has 1 nitrogen and oxygen atoms in total. The molecule has 0 saturated heterocycles. The molecule has 0 heterocycles. The fraction of sp³-hybridized carbons (Fsp3) is 1.00. The molecule has 0 aromatic heterocycles. The van der Waals surface area contributed by atoms with Crippen LogP contribution < -0.4 is 0 Å². The summed E-state index contributed by atoms with van der Waals surface area (Å²) in [6.07, 6.45) is 3.83. The summed E-state index contributed by atoms with van der Waals surface area (Å²) in [4.78, 5) is 2.82. The van der Waals surface area contributed by atoms with Gasteiger partial charge in [0.15, 0.2) is 0 Å². The minimum atomic E-state index is 0.679. The zero-order valence-corrected chi connectivity index (χ0v) is 15.0. The molecule has 0 rings (SSSR count). The number of rotatable bonds is 9. The Morgan fingerprint density at radius 3 is 0.895 bits per heavy atom. The van der Waals surface area contributed by atoms with Crippen LogP contribution in [0, 0.1) is 17.8 Å². The van der Waals surface area contributed by atoms with E-state index in [2.05, 4.69) is 67.2 Å². The molecule has 0 spiro atoms. The molecule has 0 radical (unpaired) electrons. The van der Waals surface area contributed by atoms with Gasteiger partial charge in [0, 0.05) is 18.1 Å². The summed E-state index contributed by atoms with van der Waals surface area (Å²) >= 11 is 0. The highest BCUT2D eigenvalue weighted by atomic mass is 15.2. The van der Waals surface area contributed by atoms with E-state index in [0.717, 1.165) is 17.8 Å². The first kappa shape index (κ1) is 19.0. The molecule has 0 amide bonds. The van der Waals surface area contributed by atoms with Crippen LogP contribution in [0.2, 0.25) is 0 Å². The minimum Gasteiger partial charge on any atom is -0.295 e. The maximum atomic E-state index is 2.82. The molecule has 0 bridgehead atoms. The monoisotopic (exact) mass is 269 g/mol. The van der Waals surface area contributed by atoms with E-state index in [1.807, 2.05) is 0 Å². The summed E-state index contributed by atoms with van der Waals surface area (Å²) in [5, 5.41) is 0. The summed E-state index contributed by atoms with van der Waals surface area (Å²) in [5.74, 6) is 2.33. The second-order valence-corrected chi connectivity index (χ2v) is 6.83. The van der Waals surface area contributed by atoms with Crippen molar-refractivity contribution in [2.75, 3.05) is 0 Å². The van der Waals surface area contributed by atoms with Crippen LogP contribution in [-0.2, 0) is 0 Å². The number of hydrogen-bond acceptors (Lipinski definition) is 1. The summed E-state index contributed by atoms with van der Waals surface area (Å²) < 4.78 is 0. The van der Waals surface area contributed by atoms with Crippen LogP contribution in [0.5, 0.6) is 0 Å². The molecule has 0 aromatic rings. The molecule has 0 aliphatic carbocycles. The Morgan fingerprint density at radius 1 is 0.526 bits per heavy atom. The van der Waals surface area contributed by atoms with Crippen molar-refractivity contribution >= 4 is 0 Å². The van der Waals surface area contributed by atoms with Crippen molar-refractivity contribution in [3.05, 3.63) is 0 Å². The molecule has 0 N–H and O–H groups in total. The molecule has 116 valence electrons. The Labute approximate surface area is 123 Å². The predicted molar refractivity (Wildman–Crippen MR) is 88.6 cm³/mol. The van der Waals surface area contributed by atoms with Gasteiger partial charge < -0.3 is 0 Å². The van der Waals surface area contributed by atoms with Crippen molar-refractivity contribution in [3.8, 4) is 0 Å². The van der Waals surface area contributed by atoms with Gasteiger partial charge >= 0.3 is 0 Å². The van der Waals surface area contributed by atoms with Crippen molar-refractivity contribution in [3.63, 3.8) is 0 Å². The third-order valence-corrected chi connectivity index (χ3v) is 5.81. The summed E-state index contributed by atoms with van der Waals surface area (Å²) in [7, 11) is 0. The highest BCUT2D eigenvalue weighted by Gasteiger charge is 2.32. The fourth-order valence-corrected chi connectivity index (χ4v) is 3.02. The van der Waals surface area contributed by atoms with Gasteiger partial charge in [-0.1, -0.05) is 60.8 Å². The molecule has 6 unspecified atom stereocenters. The normalized spacial score (nSPS) is 21.8. The number of nitrogens with zero attached hydrogens (tertiary/aromatic N) is 1. The van der Waals surface area contributed by atoms with Gasteiger partial charge in [0.2, 0.25) is 0 Å². The van der Waals surface area contributed by atoms with Crippen LogP contribution >= 0.6 is 0 Å². The SMILES string of the molecule is CCC(C)C(C)N(C(C)C(C)CC)C(C)C(C)CC. The molecule has 0 fully saturated rings. The highest BCUT2D eigenvalue weighted by Crippen LogP contribution is 2.28. The molecule has 19 heavy (non-hydrogen) atoms. The highest BCUT2D eigenvalue weighted by molar-refractivity contribution is 4.85. The molecule has 0 aliphatic heterocycles. The van der Waals surface area contributed by atoms with Gasteiger partial charge in [-0.3, -0.25) is 4.90 Å². The van der Waals surface area contributed by atoms with E-state index < -0.39 is 0 Å². The van der Waals surface area contributed by atoms with Crippen LogP contribution in [0.3, 0.4) is 0 Å². The first-order valence-corrected chi connectivity index (χ1v) is 8.58. The third-order valence-electron chi connectivity index (χ3n) is 5.81. The van der Waals surface area contributed by atoms with E-state index >= 15 is 0 Å². The average Bonchev–Trinajstić information content (AvgIpc) is 2.43. The molecular formula is C18H39N. The Hall–Kier alpha value is -0.0400. The minimum absolute atomic E-state index is 0.679. The molecule has 0 aliphatic rings. The largest absolute Gasteiger partial charge is 0.295 e. The van der Waals surface area contributed by atoms with Gasteiger partial charge in [-0.15, -0.1) is 0 Å². The van der Waals surface area contributed by atoms with Gasteiger partial charge in [0.1, 0.15) is 0 Å². The molecule has 0 aromatic carbocycles. The van der Waals surface area contributed by atoms with E-state index in [1.165, 1.54) is 19.3 Å². The van der Waals surface area contributed by atoms with Crippen molar-refractivity contribution in [1.82, 2.24) is 4.90 Å². The Kier molecular flexibility index (Phi) is 8.98. The second-order valence-electron chi connectivity index (χ2n) is 6.83. The van der Waals surface area contributed by atoms with E-state index in [-0.39, 0.29) is 0 Å². The predicted octanol–water partition coefficient (Wildman–Crippen LogP) is 5.59. The maximum absolute atomic E-state index is 2.82. The Balaban J connectivity index is 5.12. The lowest BCUT2D eigenvalue weighted by molar-refractivity contribution is 0.0233.